The van der Waals surface area contributed by atoms with Crippen LogP contribution >= 0.6 is 0 Å². The molecule has 59 heavy (non-hydrogen) atoms. The van der Waals surface area contributed by atoms with Crippen molar-refractivity contribution in [2.75, 3.05) is 19.8 Å². The number of esters is 2. The molecule has 0 amide bonds. The van der Waals surface area contributed by atoms with Crippen LogP contribution in [-0.2, 0) is 46.3 Å². The number of rotatable bonds is 10. The quantitative estimate of drug-likeness (QED) is 0.0696. The van der Waals surface area contributed by atoms with Crippen LogP contribution in [0.4, 0.5) is 0 Å². The number of aryl methyl sites for hydroxylation is 4. The van der Waals surface area contributed by atoms with E-state index in [9.17, 15) is 19.2 Å². The van der Waals surface area contributed by atoms with Crippen molar-refractivity contribution < 1.29 is 56.2 Å². The van der Waals surface area contributed by atoms with Gasteiger partial charge in [-0.15, -0.1) is 0 Å². The van der Waals surface area contributed by atoms with E-state index < -0.39 is 14.8 Å². The Morgan fingerprint density at radius 3 is 1.36 bits per heavy atom. The molecule has 317 valence electrons. The molecule has 0 aromatic carbocycles. The van der Waals surface area contributed by atoms with Crippen LogP contribution in [0.5, 0.6) is 0 Å². The van der Waals surface area contributed by atoms with Crippen LogP contribution in [0.25, 0.3) is 18.2 Å². The van der Waals surface area contributed by atoms with E-state index >= 15 is 0 Å². The van der Waals surface area contributed by atoms with Gasteiger partial charge in [-0.1, -0.05) is 50.4 Å². The summed E-state index contributed by atoms with van der Waals surface area (Å²) in [4.78, 5) is 57.2. The summed E-state index contributed by atoms with van der Waals surface area (Å²) >= 11 is -1.44. The number of aliphatic hydroxyl groups excluding tert-OH is 1. The maximum atomic E-state index is 11.0. The first-order valence-electron chi connectivity index (χ1n) is 17.2. The molecule has 15 heteroatoms. The van der Waals surface area contributed by atoms with Gasteiger partial charge in [-0.25, -0.2) is 9.59 Å². The number of hydrogen-bond acceptors (Lipinski definition) is 14. The van der Waals surface area contributed by atoms with Crippen LogP contribution in [0, 0.1) is 39.0 Å². The fourth-order valence-electron chi connectivity index (χ4n) is 3.18. The van der Waals surface area contributed by atoms with E-state index in [0.29, 0.717) is 18.8 Å². The molecular formula is C44H55MnN5O9. The molecule has 0 bridgehead atoms. The number of carbonyl (C=O) groups excluding carboxylic acids is 4. The Morgan fingerprint density at radius 2 is 1.07 bits per heavy atom. The molecule has 0 saturated carbocycles. The standard InChI is InChI=1S/C11H13NO2.C9H11NO.C9H9NO.C7H7NO.C5H8O2.C2H3N.CH4.Mn.2O/c1-3-14-11(13)7-6-10-5-4-9(2)12-8-10;2*1-8-4-5-9(7-10-8)3-2-6-11;1-6-2-3-7(5-9)4-8-6;1-3-5(6)7-4-2;1-2-3;;;;/h4-8H,3H2,1-2H3;2-5,7,11H,6H2,1H3;2-7H,1H3;2-5H,1H3;3H,1,4H2,2H3;1H3;1H4;;;/b7-6+;2*3-2+;;;;;;;. The zero-order valence-electron chi connectivity index (χ0n) is 33.8. The monoisotopic (exact) mass is 852 g/mol. The van der Waals surface area contributed by atoms with Gasteiger partial charge in [0.15, 0.2) is 6.29 Å². The molecule has 0 fully saturated rings. The van der Waals surface area contributed by atoms with Crippen LogP contribution in [0.2, 0.25) is 0 Å². The number of nitriles is 1. The molecule has 4 aromatic heterocycles. The number of aliphatic hydroxyl groups is 1. The SMILES string of the molecule is C.C=CC(=O)OCC.CC#N.CCOC(=O)/C=C/c1ccc(C)nc1.Cc1ccc(/C=C/C=O)cn1.Cc1ccc(/C=C/CO)cn1.Cc1ccc(C=O)cn1.[O]=[Mn]=[O]. The molecule has 0 aliphatic rings. The maximum absolute atomic E-state index is 11.0. The number of aldehydes is 2. The number of pyridine rings is 4. The summed E-state index contributed by atoms with van der Waals surface area (Å²) in [6.45, 7) is 16.7. The van der Waals surface area contributed by atoms with Crippen molar-refractivity contribution in [2.24, 2.45) is 0 Å². The van der Waals surface area contributed by atoms with Crippen molar-refractivity contribution in [3.05, 3.63) is 149 Å². The molecule has 0 unspecified atom stereocenters. The molecule has 0 spiro atoms. The first-order chi connectivity index (χ1) is 27.8. The minimum atomic E-state index is -1.44. The molecule has 4 heterocycles. The first kappa shape index (κ1) is 59.1. The summed E-state index contributed by atoms with van der Waals surface area (Å²) in [5.41, 5.74) is 7.36. The zero-order chi connectivity index (χ0) is 44.4. The summed E-state index contributed by atoms with van der Waals surface area (Å²) in [6.07, 6.45) is 19.2. The molecular weight excluding hydrogens is 797 g/mol. The number of hydrogen-bond donors (Lipinski definition) is 1. The van der Waals surface area contributed by atoms with E-state index in [-0.39, 0.29) is 26.0 Å². The molecule has 14 nitrogen and oxygen atoms in total. The minimum absolute atomic E-state index is 0. The fraction of sp³-hybridized carbons (Fsp3) is 0.250. The van der Waals surface area contributed by atoms with Crippen molar-refractivity contribution >= 4 is 42.7 Å². The summed E-state index contributed by atoms with van der Waals surface area (Å²) in [6, 6.07) is 16.8. The predicted octanol–water partition coefficient (Wildman–Crippen LogP) is 7.83. The van der Waals surface area contributed by atoms with Gasteiger partial charge in [-0.2, -0.15) is 5.26 Å². The van der Waals surface area contributed by atoms with E-state index in [0.717, 1.165) is 58.1 Å². The Bertz CT molecular complexity index is 1880. The van der Waals surface area contributed by atoms with Gasteiger partial charge in [0.1, 0.15) is 6.29 Å². The van der Waals surface area contributed by atoms with Gasteiger partial charge in [0, 0.05) is 72.2 Å². The van der Waals surface area contributed by atoms with E-state index in [1.165, 1.54) is 19.1 Å². The van der Waals surface area contributed by atoms with Gasteiger partial charge in [0.05, 0.1) is 25.9 Å². The normalized spacial score (nSPS) is 9.00. The summed E-state index contributed by atoms with van der Waals surface area (Å²) in [5.74, 6) is -0.685. The molecule has 0 saturated heterocycles. The van der Waals surface area contributed by atoms with Gasteiger partial charge in [-0.3, -0.25) is 29.5 Å². The number of ether oxygens (including phenoxy) is 2. The van der Waals surface area contributed by atoms with Gasteiger partial charge in [0.25, 0.3) is 0 Å². The van der Waals surface area contributed by atoms with Crippen LogP contribution in [0.15, 0.2) is 104 Å². The first-order valence-corrected chi connectivity index (χ1v) is 18.2. The third kappa shape index (κ3) is 39.4. The third-order valence-electron chi connectivity index (χ3n) is 5.81. The van der Waals surface area contributed by atoms with Gasteiger partial charge in [0.2, 0.25) is 0 Å². The van der Waals surface area contributed by atoms with Crippen LogP contribution in [0.1, 0.15) is 78.0 Å². The van der Waals surface area contributed by atoms with Crippen molar-refractivity contribution in [3.8, 4) is 6.07 Å². The van der Waals surface area contributed by atoms with Crippen LogP contribution < -0.4 is 0 Å². The average molecular weight is 853 g/mol. The fourth-order valence-corrected chi connectivity index (χ4v) is 3.18. The predicted molar refractivity (Wildman–Crippen MR) is 224 cm³/mol. The summed E-state index contributed by atoms with van der Waals surface area (Å²) in [5, 5.41) is 15.8. The van der Waals surface area contributed by atoms with Crippen LogP contribution in [0.3, 0.4) is 0 Å². The average Bonchev–Trinajstić information content (AvgIpc) is 3.22. The number of carbonyl (C=O) groups is 4. The Kier molecular flexibility index (Phi) is 42.6. The molecule has 0 atom stereocenters. The molecule has 0 radical (unpaired) electrons. The number of aromatic nitrogens is 4. The number of nitrogens with zero attached hydrogens (tertiary/aromatic N) is 5. The van der Waals surface area contributed by atoms with Gasteiger partial charge >= 0.3 is 34.4 Å². The Balaban J connectivity index is -0.000000312. The molecule has 4 aromatic rings. The zero-order valence-corrected chi connectivity index (χ0v) is 35.0. The van der Waals surface area contributed by atoms with Crippen molar-refractivity contribution in [1.29, 1.82) is 5.26 Å². The Morgan fingerprint density at radius 1 is 0.712 bits per heavy atom. The number of allylic oxidation sites excluding steroid dienone is 1. The molecule has 0 aliphatic heterocycles. The van der Waals surface area contributed by atoms with Crippen LogP contribution in [-0.4, -0.2) is 69.4 Å². The second-order valence-electron chi connectivity index (χ2n) is 10.5. The Labute approximate surface area is 354 Å². The van der Waals surface area contributed by atoms with E-state index in [4.69, 9.17) is 22.8 Å². The Hall–Kier alpha value is -6.59. The summed E-state index contributed by atoms with van der Waals surface area (Å²) < 4.78 is 26.0. The van der Waals surface area contributed by atoms with Crippen molar-refractivity contribution in [1.82, 2.24) is 19.9 Å². The van der Waals surface area contributed by atoms with E-state index in [2.05, 4.69) is 31.3 Å². The van der Waals surface area contributed by atoms with E-state index in [1.807, 2.05) is 76.2 Å². The third-order valence-corrected chi connectivity index (χ3v) is 5.81. The molecule has 4 rings (SSSR count). The molecule has 0 aliphatic carbocycles. The van der Waals surface area contributed by atoms with Crippen molar-refractivity contribution in [2.45, 2.75) is 55.9 Å². The van der Waals surface area contributed by atoms with Gasteiger partial charge in [-0.05, 0) is 101 Å². The molecule has 1 N–H and O–H groups in total. The van der Waals surface area contributed by atoms with Gasteiger partial charge < -0.3 is 14.6 Å². The second-order valence-corrected chi connectivity index (χ2v) is 10.7. The second kappa shape index (κ2) is 42.5. The topological polar surface area (TPSA) is 216 Å². The van der Waals surface area contributed by atoms with Crippen molar-refractivity contribution in [3.63, 3.8) is 0 Å². The van der Waals surface area contributed by atoms with E-state index in [1.54, 1.807) is 69.0 Å². The summed E-state index contributed by atoms with van der Waals surface area (Å²) in [7, 11) is 0.